The lowest BCUT2D eigenvalue weighted by Crippen LogP contribution is -2.46. The summed E-state index contributed by atoms with van der Waals surface area (Å²) >= 11 is 0. The fraction of sp³-hybridized carbons (Fsp3) is 0.810. The summed E-state index contributed by atoms with van der Waals surface area (Å²) in [5.41, 5.74) is 0. The zero-order valence-corrected chi connectivity index (χ0v) is 18.9. The summed E-state index contributed by atoms with van der Waals surface area (Å²) < 4.78 is 15.7. The SMILES string of the molecule is CCCCCCCCCCCCOC(=O)C[N+](C)(C)c1nc(OC)nc(OC)n1. The molecule has 0 fully saturated rings. The number of hydrogen-bond acceptors (Lipinski definition) is 7. The van der Waals surface area contributed by atoms with E-state index in [1.54, 1.807) is 0 Å². The van der Waals surface area contributed by atoms with Gasteiger partial charge < -0.3 is 14.2 Å². The number of hydrogen-bond donors (Lipinski definition) is 0. The summed E-state index contributed by atoms with van der Waals surface area (Å²) in [5, 5.41) is 0. The first-order chi connectivity index (χ1) is 13.9. The van der Waals surface area contributed by atoms with Crippen LogP contribution in [0.3, 0.4) is 0 Å². The summed E-state index contributed by atoms with van der Waals surface area (Å²) in [6, 6.07) is 0.300. The zero-order chi connectivity index (χ0) is 21.5. The van der Waals surface area contributed by atoms with Crippen molar-refractivity contribution in [3.63, 3.8) is 0 Å². The van der Waals surface area contributed by atoms with E-state index in [1.807, 2.05) is 14.1 Å². The Kier molecular flexibility index (Phi) is 12.2. The van der Waals surface area contributed by atoms with Gasteiger partial charge in [-0.25, -0.2) is 4.79 Å². The second-order valence-corrected chi connectivity index (χ2v) is 7.85. The lowest BCUT2D eigenvalue weighted by molar-refractivity contribution is -0.144. The van der Waals surface area contributed by atoms with Gasteiger partial charge in [0.2, 0.25) is 0 Å². The van der Waals surface area contributed by atoms with Crippen LogP contribution >= 0.6 is 0 Å². The lowest BCUT2D eigenvalue weighted by atomic mass is 10.1. The van der Waals surface area contributed by atoms with Crippen molar-refractivity contribution in [1.29, 1.82) is 0 Å². The van der Waals surface area contributed by atoms with Crippen LogP contribution in [0.25, 0.3) is 0 Å². The Labute approximate surface area is 175 Å². The molecule has 166 valence electrons. The normalized spacial score (nSPS) is 11.3. The standard InChI is InChI=1S/C21H39N4O4/c1-6-7-8-9-10-11-12-13-14-15-16-29-18(26)17-25(2,3)19-22-20(27-4)24-21(23-19)28-5/h6-17H2,1-5H3/q+1. The van der Waals surface area contributed by atoms with Crippen molar-refractivity contribution >= 4 is 11.9 Å². The van der Waals surface area contributed by atoms with E-state index in [0.29, 0.717) is 12.6 Å². The third kappa shape index (κ3) is 10.4. The van der Waals surface area contributed by atoms with Crippen molar-refractivity contribution in [3.05, 3.63) is 0 Å². The molecule has 0 aliphatic heterocycles. The first kappa shape index (κ1) is 25.1. The smallest absolute Gasteiger partial charge is 0.362 e. The molecule has 8 heteroatoms. The van der Waals surface area contributed by atoms with Crippen LogP contribution in [0.1, 0.15) is 71.1 Å². The van der Waals surface area contributed by atoms with Crippen LogP contribution in [-0.4, -0.2) is 62.4 Å². The van der Waals surface area contributed by atoms with Gasteiger partial charge in [0.25, 0.3) is 0 Å². The van der Waals surface area contributed by atoms with Crippen LogP contribution in [0, 0.1) is 0 Å². The first-order valence-corrected chi connectivity index (χ1v) is 10.8. The summed E-state index contributed by atoms with van der Waals surface area (Å²) in [6.45, 7) is 2.82. The van der Waals surface area contributed by atoms with Gasteiger partial charge in [0.05, 0.1) is 34.9 Å². The Balaban J connectivity index is 2.25. The molecule has 0 spiro atoms. The van der Waals surface area contributed by atoms with Crippen LogP contribution in [0.15, 0.2) is 0 Å². The fourth-order valence-corrected chi connectivity index (χ4v) is 3.00. The number of unbranched alkanes of at least 4 members (excludes halogenated alkanes) is 9. The number of esters is 1. The predicted octanol–water partition coefficient (Wildman–Crippen LogP) is 3.92. The van der Waals surface area contributed by atoms with E-state index in [0.717, 1.165) is 12.8 Å². The number of aromatic nitrogens is 3. The largest absolute Gasteiger partial charge is 0.466 e. The van der Waals surface area contributed by atoms with Gasteiger partial charge in [0, 0.05) is 0 Å². The molecule has 0 saturated heterocycles. The molecule has 0 aliphatic carbocycles. The third-order valence-corrected chi connectivity index (χ3v) is 4.77. The summed E-state index contributed by atoms with van der Waals surface area (Å²) in [5.74, 6) is 0.105. The van der Waals surface area contributed by atoms with E-state index in [9.17, 15) is 4.79 Å². The molecule has 0 bridgehead atoms. The van der Waals surface area contributed by atoms with Gasteiger partial charge in [-0.15, -0.1) is 15.0 Å². The van der Waals surface area contributed by atoms with E-state index in [4.69, 9.17) is 14.2 Å². The van der Waals surface area contributed by atoms with E-state index < -0.39 is 0 Å². The maximum Gasteiger partial charge on any atom is 0.362 e. The molecule has 29 heavy (non-hydrogen) atoms. The molecule has 0 atom stereocenters. The second-order valence-electron chi connectivity index (χ2n) is 7.85. The molecule has 8 nitrogen and oxygen atoms in total. The van der Waals surface area contributed by atoms with Crippen molar-refractivity contribution in [1.82, 2.24) is 19.4 Å². The number of carbonyl (C=O) groups excluding carboxylic acids is 1. The Morgan fingerprint density at radius 3 is 1.76 bits per heavy atom. The Bertz CT molecular complexity index is 574. The van der Waals surface area contributed by atoms with Gasteiger partial charge in [-0.05, 0) is 6.42 Å². The molecule has 0 amide bonds. The minimum Gasteiger partial charge on any atom is -0.466 e. The molecule has 1 aromatic rings. The van der Waals surface area contributed by atoms with E-state index >= 15 is 0 Å². The van der Waals surface area contributed by atoms with Crippen LogP contribution in [0.5, 0.6) is 12.0 Å². The topological polar surface area (TPSA) is 83.4 Å². The highest BCUT2D eigenvalue weighted by molar-refractivity contribution is 5.73. The van der Waals surface area contributed by atoms with Gasteiger partial charge in [0.1, 0.15) is 0 Å². The van der Waals surface area contributed by atoms with Crippen molar-refractivity contribution in [3.8, 4) is 12.0 Å². The summed E-state index contributed by atoms with van der Waals surface area (Å²) in [7, 11) is 6.60. The molecule has 1 heterocycles. The molecular weight excluding hydrogens is 372 g/mol. The zero-order valence-electron chi connectivity index (χ0n) is 18.9. The lowest BCUT2D eigenvalue weighted by Gasteiger charge is -2.25. The average Bonchev–Trinajstić information content (AvgIpc) is 2.71. The van der Waals surface area contributed by atoms with Crippen molar-refractivity contribution in [2.75, 3.05) is 41.5 Å². The van der Waals surface area contributed by atoms with E-state index in [1.165, 1.54) is 65.6 Å². The summed E-state index contributed by atoms with van der Waals surface area (Å²) in [6.07, 6.45) is 12.5. The number of rotatable bonds is 16. The highest BCUT2D eigenvalue weighted by Crippen LogP contribution is 2.19. The average molecular weight is 412 g/mol. The minimum atomic E-state index is -0.274. The number of ether oxygens (including phenoxy) is 3. The van der Waals surface area contributed by atoms with E-state index in [-0.39, 0.29) is 29.0 Å². The minimum absolute atomic E-state index is 0.117. The molecule has 0 aliphatic rings. The molecule has 1 aromatic heterocycles. The molecule has 0 radical (unpaired) electrons. The molecule has 0 unspecified atom stereocenters. The molecule has 0 aromatic carbocycles. The monoisotopic (exact) mass is 411 g/mol. The first-order valence-electron chi connectivity index (χ1n) is 10.8. The van der Waals surface area contributed by atoms with Gasteiger partial charge >= 0.3 is 23.9 Å². The van der Waals surface area contributed by atoms with Crippen LogP contribution in [0.4, 0.5) is 5.95 Å². The van der Waals surface area contributed by atoms with Gasteiger partial charge in [-0.3, -0.25) is 4.48 Å². The Morgan fingerprint density at radius 1 is 0.793 bits per heavy atom. The van der Waals surface area contributed by atoms with Gasteiger partial charge in [0.15, 0.2) is 6.54 Å². The second kappa shape index (κ2) is 14.1. The highest BCUT2D eigenvalue weighted by Gasteiger charge is 2.29. The maximum absolute atomic E-state index is 12.2. The Morgan fingerprint density at radius 2 is 1.28 bits per heavy atom. The highest BCUT2D eigenvalue weighted by atomic mass is 16.5. The van der Waals surface area contributed by atoms with Crippen LogP contribution in [0.2, 0.25) is 0 Å². The number of quaternary nitrogens is 1. The van der Waals surface area contributed by atoms with Crippen molar-refractivity contribution in [2.24, 2.45) is 0 Å². The number of likely N-dealkylation sites (N-methyl/N-ethyl adjacent to an activating group) is 1. The van der Waals surface area contributed by atoms with Gasteiger partial charge in [-0.2, -0.15) is 0 Å². The molecule has 0 N–H and O–H groups in total. The quantitative estimate of drug-likeness (QED) is 0.232. The maximum atomic E-state index is 12.2. The fourth-order valence-electron chi connectivity index (χ4n) is 3.00. The molecule has 1 rings (SSSR count). The van der Waals surface area contributed by atoms with Crippen LogP contribution in [-0.2, 0) is 9.53 Å². The molecular formula is C21H39N4O4+. The predicted molar refractivity (Wildman–Crippen MR) is 114 cm³/mol. The summed E-state index contributed by atoms with van der Waals surface area (Å²) in [4.78, 5) is 24.7. The number of nitrogens with zero attached hydrogens (tertiary/aromatic N) is 4. The Hall–Kier alpha value is -1.96. The van der Waals surface area contributed by atoms with Gasteiger partial charge in [-0.1, -0.05) is 64.7 Å². The van der Waals surface area contributed by atoms with Crippen LogP contribution < -0.4 is 14.0 Å². The number of carbonyl (C=O) groups is 1. The van der Waals surface area contributed by atoms with Crippen molar-refractivity contribution < 1.29 is 19.0 Å². The van der Waals surface area contributed by atoms with E-state index in [2.05, 4.69) is 21.9 Å². The van der Waals surface area contributed by atoms with Crippen molar-refractivity contribution in [2.45, 2.75) is 71.1 Å². The number of methoxy groups -OCH3 is 2. The third-order valence-electron chi connectivity index (χ3n) is 4.77. The molecule has 0 saturated carbocycles.